The Morgan fingerprint density at radius 1 is 1.42 bits per heavy atom. The number of carbonyl (C=O) groups is 1. The fraction of sp³-hybridized carbons (Fsp3) is 0.111. The number of aromatic hydroxyl groups is 1. The van der Waals surface area contributed by atoms with Gasteiger partial charge in [0.1, 0.15) is 5.75 Å². The zero-order chi connectivity index (χ0) is 8.97. The molecule has 1 N–H and O–H groups in total. The minimum absolute atomic E-state index is 0.204. The number of hydrogen-bond acceptors (Lipinski definition) is 2. The van der Waals surface area contributed by atoms with Crippen molar-refractivity contribution < 1.29 is 9.90 Å². The van der Waals surface area contributed by atoms with Gasteiger partial charge in [-0.1, -0.05) is 0 Å². The molecule has 3 heteroatoms. The number of benzene rings is 1. The normalized spacial score (nSPS) is 10.4. The maximum absolute atomic E-state index is 10.4. The third-order valence-corrected chi connectivity index (χ3v) is 1.29. The summed E-state index contributed by atoms with van der Waals surface area (Å²) in [5.74, 6) is -0.0296. The monoisotopic (exact) mass is 163 g/mol. The molecule has 0 aliphatic carbocycles. The van der Waals surface area contributed by atoms with Gasteiger partial charge in [0.25, 0.3) is 0 Å². The minimum atomic E-state index is -0.233. The summed E-state index contributed by atoms with van der Waals surface area (Å²) in [7, 11) is 0. The lowest BCUT2D eigenvalue weighted by molar-refractivity contribution is -0.115. The Balaban J connectivity index is 2.77. The van der Waals surface area contributed by atoms with Crippen molar-refractivity contribution in [2.45, 2.75) is 6.92 Å². The van der Waals surface area contributed by atoms with Gasteiger partial charge in [-0.05, 0) is 29.8 Å². The van der Waals surface area contributed by atoms with E-state index in [4.69, 9.17) is 5.11 Å². The minimum Gasteiger partial charge on any atom is -0.508 e. The molecule has 1 aromatic carbocycles. The molecule has 0 fully saturated rings. The molecule has 0 aromatic heterocycles. The Morgan fingerprint density at radius 2 is 2.00 bits per heavy atom. The van der Waals surface area contributed by atoms with Gasteiger partial charge in [0.2, 0.25) is 5.91 Å². The molecule has 0 aliphatic rings. The first-order valence-corrected chi connectivity index (χ1v) is 3.52. The Bertz CT molecular complexity index is 301. The summed E-state index contributed by atoms with van der Waals surface area (Å²) < 4.78 is 0. The lowest BCUT2D eigenvalue weighted by atomic mass is 10.2. The van der Waals surface area contributed by atoms with Crippen molar-refractivity contribution in [1.82, 2.24) is 0 Å². The smallest absolute Gasteiger partial charge is 0.242 e. The van der Waals surface area contributed by atoms with Crippen LogP contribution in [0, 0.1) is 0 Å². The summed E-state index contributed by atoms with van der Waals surface area (Å²) in [5.41, 5.74) is 0.794. The number of nitrogens with zero attached hydrogens (tertiary/aromatic N) is 1. The average Bonchev–Trinajstić information content (AvgIpc) is 2.03. The molecule has 3 nitrogen and oxygen atoms in total. The van der Waals surface area contributed by atoms with Crippen molar-refractivity contribution in [3.8, 4) is 5.75 Å². The van der Waals surface area contributed by atoms with Crippen LogP contribution in [0.5, 0.6) is 5.75 Å². The van der Waals surface area contributed by atoms with E-state index in [0.29, 0.717) is 0 Å². The van der Waals surface area contributed by atoms with Crippen LogP contribution in [0.3, 0.4) is 0 Å². The predicted molar refractivity (Wildman–Crippen MR) is 46.4 cm³/mol. The fourth-order valence-corrected chi connectivity index (χ4v) is 0.726. The van der Waals surface area contributed by atoms with Gasteiger partial charge in [-0.2, -0.15) is 0 Å². The van der Waals surface area contributed by atoms with Gasteiger partial charge in [0, 0.05) is 13.1 Å². The second kappa shape index (κ2) is 3.67. The van der Waals surface area contributed by atoms with Crippen LogP contribution in [0.15, 0.2) is 29.3 Å². The zero-order valence-corrected chi connectivity index (χ0v) is 6.69. The van der Waals surface area contributed by atoms with Crippen LogP contribution in [-0.2, 0) is 4.79 Å². The molecule has 0 aliphatic heterocycles. The average molecular weight is 163 g/mol. The molecular formula is C9H9NO2. The standard InChI is InChI=1S/C9H9NO2/c1-7(11)10-6-8-2-4-9(12)5-3-8/h2-6,12H,1H3/b10-6-. The van der Waals surface area contributed by atoms with E-state index in [9.17, 15) is 4.79 Å². The summed E-state index contributed by atoms with van der Waals surface area (Å²) in [5, 5.41) is 8.92. The van der Waals surface area contributed by atoms with E-state index in [1.54, 1.807) is 24.3 Å². The molecule has 0 bridgehead atoms. The van der Waals surface area contributed by atoms with Crippen molar-refractivity contribution in [2.75, 3.05) is 0 Å². The highest BCUT2D eigenvalue weighted by Crippen LogP contribution is 2.07. The molecule has 0 unspecified atom stereocenters. The SMILES string of the molecule is CC(=O)/N=C\c1ccc(O)cc1. The van der Waals surface area contributed by atoms with Gasteiger partial charge in [-0.3, -0.25) is 4.79 Å². The second-order valence-electron chi connectivity index (χ2n) is 2.37. The number of phenols is 1. The van der Waals surface area contributed by atoms with Crippen molar-refractivity contribution in [2.24, 2.45) is 4.99 Å². The summed E-state index contributed by atoms with van der Waals surface area (Å²) in [4.78, 5) is 14.0. The molecule has 1 amide bonds. The Hall–Kier alpha value is -1.64. The highest BCUT2D eigenvalue weighted by atomic mass is 16.3. The Kier molecular flexibility index (Phi) is 2.58. The number of carbonyl (C=O) groups excluding carboxylic acids is 1. The van der Waals surface area contributed by atoms with E-state index < -0.39 is 0 Å². The number of aliphatic imine (C=N–C) groups is 1. The topological polar surface area (TPSA) is 49.7 Å². The third kappa shape index (κ3) is 2.54. The summed E-state index contributed by atoms with van der Waals surface area (Å²) in [6, 6.07) is 6.45. The second-order valence-corrected chi connectivity index (χ2v) is 2.37. The zero-order valence-electron chi connectivity index (χ0n) is 6.69. The molecule has 0 saturated heterocycles. The first-order valence-electron chi connectivity index (χ1n) is 3.52. The number of rotatable bonds is 1. The van der Waals surface area contributed by atoms with Crippen molar-refractivity contribution in [3.05, 3.63) is 29.8 Å². The summed E-state index contributed by atoms with van der Waals surface area (Å²) in [6.07, 6.45) is 1.46. The highest BCUT2D eigenvalue weighted by molar-refractivity contribution is 5.90. The van der Waals surface area contributed by atoms with E-state index in [0.717, 1.165) is 5.56 Å². The van der Waals surface area contributed by atoms with Gasteiger partial charge < -0.3 is 5.11 Å². The first-order chi connectivity index (χ1) is 5.68. The summed E-state index contributed by atoms with van der Waals surface area (Å²) in [6.45, 7) is 1.39. The predicted octanol–water partition coefficient (Wildman–Crippen LogP) is 1.36. The number of phenolic OH excluding ortho intramolecular Hbond substituents is 1. The van der Waals surface area contributed by atoms with Crippen LogP contribution in [-0.4, -0.2) is 17.2 Å². The molecule has 1 aromatic rings. The molecule has 0 heterocycles. The van der Waals surface area contributed by atoms with E-state index >= 15 is 0 Å². The quantitative estimate of drug-likeness (QED) is 0.635. The van der Waals surface area contributed by atoms with E-state index in [1.165, 1.54) is 13.1 Å². The molecule has 0 radical (unpaired) electrons. The van der Waals surface area contributed by atoms with Crippen molar-refractivity contribution in [3.63, 3.8) is 0 Å². The van der Waals surface area contributed by atoms with Gasteiger partial charge in [0.15, 0.2) is 0 Å². The molecule has 0 saturated carbocycles. The van der Waals surface area contributed by atoms with Crippen molar-refractivity contribution >= 4 is 12.1 Å². The van der Waals surface area contributed by atoms with Gasteiger partial charge in [-0.15, -0.1) is 0 Å². The third-order valence-electron chi connectivity index (χ3n) is 1.29. The molecule has 1 rings (SSSR count). The highest BCUT2D eigenvalue weighted by Gasteiger charge is 1.88. The van der Waals surface area contributed by atoms with Crippen LogP contribution in [0.2, 0.25) is 0 Å². The molecule has 62 valence electrons. The van der Waals surface area contributed by atoms with Crippen LogP contribution in [0.4, 0.5) is 0 Å². The largest absolute Gasteiger partial charge is 0.508 e. The first kappa shape index (κ1) is 8.46. The van der Waals surface area contributed by atoms with Crippen LogP contribution < -0.4 is 0 Å². The fourth-order valence-electron chi connectivity index (χ4n) is 0.726. The Labute approximate surface area is 70.4 Å². The van der Waals surface area contributed by atoms with Crippen LogP contribution in [0.1, 0.15) is 12.5 Å². The maximum Gasteiger partial charge on any atom is 0.242 e. The molecule has 0 atom stereocenters. The van der Waals surface area contributed by atoms with Gasteiger partial charge >= 0.3 is 0 Å². The van der Waals surface area contributed by atoms with Crippen LogP contribution in [0.25, 0.3) is 0 Å². The molecule has 12 heavy (non-hydrogen) atoms. The maximum atomic E-state index is 10.4. The molecular weight excluding hydrogens is 154 g/mol. The van der Waals surface area contributed by atoms with E-state index in [2.05, 4.69) is 4.99 Å². The number of amides is 1. The Morgan fingerprint density at radius 3 is 2.50 bits per heavy atom. The lowest BCUT2D eigenvalue weighted by Crippen LogP contribution is -1.85. The van der Waals surface area contributed by atoms with Crippen molar-refractivity contribution in [1.29, 1.82) is 0 Å². The van der Waals surface area contributed by atoms with Gasteiger partial charge in [-0.25, -0.2) is 4.99 Å². The number of hydrogen-bond donors (Lipinski definition) is 1. The summed E-state index contributed by atoms with van der Waals surface area (Å²) >= 11 is 0. The lowest BCUT2D eigenvalue weighted by Gasteiger charge is -1.91. The van der Waals surface area contributed by atoms with E-state index in [1.807, 2.05) is 0 Å². The van der Waals surface area contributed by atoms with E-state index in [-0.39, 0.29) is 11.7 Å². The van der Waals surface area contributed by atoms with Crippen LogP contribution >= 0.6 is 0 Å². The molecule has 0 spiro atoms. The van der Waals surface area contributed by atoms with Gasteiger partial charge in [0.05, 0.1) is 0 Å².